The Morgan fingerprint density at radius 1 is 0.750 bits per heavy atom. The molecule has 0 aliphatic rings. The molecule has 0 radical (unpaired) electrons. The maximum atomic E-state index is 15.2. The average Bonchev–Trinajstić information content (AvgIpc) is 2.90. The van der Waals surface area contributed by atoms with Crippen LogP contribution in [-0.4, -0.2) is 6.61 Å². The average molecular weight is 484 g/mol. The summed E-state index contributed by atoms with van der Waals surface area (Å²) in [7, 11) is 0. The van der Waals surface area contributed by atoms with Gasteiger partial charge in [-0.05, 0) is 84.0 Å². The molecule has 0 unspecified atom stereocenters. The van der Waals surface area contributed by atoms with Gasteiger partial charge in [-0.15, -0.1) is 0 Å². The first-order chi connectivity index (χ1) is 17.6. The summed E-state index contributed by atoms with van der Waals surface area (Å²) in [5.41, 5.74) is 3.80. The smallest absolute Gasteiger partial charge is 0.141 e. The first-order valence-electron chi connectivity index (χ1n) is 12.7. The van der Waals surface area contributed by atoms with Crippen molar-refractivity contribution in [3.8, 4) is 11.8 Å². The standard InChI is InChI=1S/C32H31F2NO/c1-2-3-4-19-36-29-16-9-23(10-17-29)5-6-24-11-18-30-27(20-24)15-14-26(32(30)34)12-7-25-8-13-28(22-35)31(33)21-25/h8-11,13-18,20-21H,2-7,12,19H2,1H3. The van der Waals surface area contributed by atoms with E-state index in [2.05, 4.69) is 25.1 Å². The predicted molar refractivity (Wildman–Crippen MR) is 141 cm³/mol. The predicted octanol–water partition coefficient (Wildman–Crippen LogP) is 8.13. The van der Waals surface area contributed by atoms with E-state index in [1.165, 1.54) is 36.1 Å². The van der Waals surface area contributed by atoms with Gasteiger partial charge in [0, 0.05) is 5.39 Å². The second-order valence-corrected chi connectivity index (χ2v) is 9.22. The van der Waals surface area contributed by atoms with Crippen molar-refractivity contribution in [3.05, 3.63) is 112 Å². The summed E-state index contributed by atoms with van der Waals surface area (Å²) in [5, 5.41) is 10.4. The largest absolute Gasteiger partial charge is 0.494 e. The quantitative estimate of drug-likeness (QED) is 0.202. The Bertz CT molecular complexity index is 1360. The van der Waals surface area contributed by atoms with Crippen LogP contribution in [0.2, 0.25) is 0 Å². The summed E-state index contributed by atoms with van der Waals surface area (Å²) >= 11 is 0. The Kier molecular flexibility index (Phi) is 8.68. The maximum absolute atomic E-state index is 15.2. The number of rotatable bonds is 11. The molecule has 184 valence electrons. The van der Waals surface area contributed by atoms with Gasteiger partial charge in [-0.2, -0.15) is 5.26 Å². The van der Waals surface area contributed by atoms with Crippen LogP contribution in [0.5, 0.6) is 5.75 Å². The lowest BCUT2D eigenvalue weighted by molar-refractivity contribution is 0.306. The topological polar surface area (TPSA) is 33.0 Å². The Hall–Kier alpha value is -3.71. The maximum Gasteiger partial charge on any atom is 0.141 e. The zero-order valence-electron chi connectivity index (χ0n) is 20.7. The normalized spacial score (nSPS) is 10.9. The highest BCUT2D eigenvalue weighted by atomic mass is 19.1. The van der Waals surface area contributed by atoms with Crippen molar-refractivity contribution in [1.82, 2.24) is 0 Å². The Morgan fingerprint density at radius 2 is 1.44 bits per heavy atom. The fourth-order valence-electron chi connectivity index (χ4n) is 4.40. The van der Waals surface area contributed by atoms with Crippen molar-refractivity contribution in [1.29, 1.82) is 5.26 Å². The highest BCUT2D eigenvalue weighted by Gasteiger charge is 2.10. The van der Waals surface area contributed by atoms with Crippen LogP contribution in [-0.2, 0) is 25.7 Å². The summed E-state index contributed by atoms with van der Waals surface area (Å²) in [4.78, 5) is 0. The van der Waals surface area contributed by atoms with Crippen LogP contribution < -0.4 is 4.74 Å². The number of hydrogen-bond acceptors (Lipinski definition) is 2. The molecule has 36 heavy (non-hydrogen) atoms. The first-order valence-corrected chi connectivity index (χ1v) is 12.7. The van der Waals surface area contributed by atoms with Gasteiger partial charge in [-0.3, -0.25) is 0 Å². The van der Waals surface area contributed by atoms with E-state index >= 15 is 4.39 Å². The molecule has 2 nitrogen and oxygen atoms in total. The number of unbranched alkanes of at least 4 members (excludes halogenated alkanes) is 2. The highest BCUT2D eigenvalue weighted by Crippen LogP contribution is 2.25. The minimum absolute atomic E-state index is 0.0234. The van der Waals surface area contributed by atoms with Gasteiger partial charge in [-0.25, -0.2) is 8.78 Å². The highest BCUT2D eigenvalue weighted by molar-refractivity contribution is 5.84. The van der Waals surface area contributed by atoms with E-state index in [0.29, 0.717) is 23.8 Å². The monoisotopic (exact) mass is 483 g/mol. The molecule has 4 aromatic carbocycles. The molecule has 0 spiro atoms. The van der Waals surface area contributed by atoms with Crippen molar-refractivity contribution >= 4 is 10.8 Å². The number of hydrogen-bond donors (Lipinski definition) is 0. The van der Waals surface area contributed by atoms with Gasteiger partial charge in [0.1, 0.15) is 23.5 Å². The Labute approximate surface area is 212 Å². The Balaban J connectivity index is 1.36. The zero-order valence-corrected chi connectivity index (χ0v) is 20.7. The zero-order chi connectivity index (χ0) is 25.3. The summed E-state index contributed by atoms with van der Waals surface area (Å²) in [6.07, 6.45) is 6.21. The molecule has 4 rings (SSSR count). The van der Waals surface area contributed by atoms with E-state index in [1.54, 1.807) is 6.07 Å². The van der Waals surface area contributed by atoms with Crippen molar-refractivity contribution < 1.29 is 13.5 Å². The van der Waals surface area contributed by atoms with Crippen LogP contribution >= 0.6 is 0 Å². The fourth-order valence-corrected chi connectivity index (χ4v) is 4.40. The van der Waals surface area contributed by atoms with Crippen LogP contribution in [0.15, 0.2) is 72.8 Å². The molecule has 0 heterocycles. The van der Waals surface area contributed by atoms with Crippen molar-refractivity contribution in [2.45, 2.75) is 51.9 Å². The molecular formula is C32H31F2NO. The molecule has 0 aromatic heterocycles. The van der Waals surface area contributed by atoms with Crippen LogP contribution in [0, 0.1) is 23.0 Å². The molecule has 4 heteroatoms. The molecular weight excluding hydrogens is 452 g/mol. The fraction of sp³-hybridized carbons (Fsp3) is 0.281. The minimum atomic E-state index is -0.534. The lowest BCUT2D eigenvalue weighted by Gasteiger charge is -2.10. The van der Waals surface area contributed by atoms with Crippen molar-refractivity contribution in [2.75, 3.05) is 6.61 Å². The molecule has 0 N–H and O–H groups in total. The number of benzene rings is 4. The van der Waals surface area contributed by atoms with Gasteiger partial charge >= 0.3 is 0 Å². The molecule has 0 aliphatic carbocycles. The Morgan fingerprint density at radius 3 is 2.19 bits per heavy atom. The number of fused-ring (bicyclic) bond motifs is 1. The number of halogens is 2. The third-order valence-electron chi connectivity index (χ3n) is 6.58. The second kappa shape index (κ2) is 12.3. The van der Waals surface area contributed by atoms with E-state index in [4.69, 9.17) is 10.00 Å². The summed E-state index contributed by atoms with van der Waals surface area (Å²) in [6.45, 7) is 2.94. The SMILES string of the molecule is CCCCCOc1ccc(CCc2ccc3c(F)c(CCc4ccc(C#N)c(F)c4)ccc3c2)cc1. The van der Waals surface area contributed by atoms with E-state index in [9.17, 15) is 4.39 Å². The van der Waals surface area contributed by atoms with Crippen LogP contribution in [0.4, 0.5) is 8.78 Å². The number of ether oxygens (including phenoxy) is 1. The summed E-state index contributed by atoms with van der Waals surface area (Å²) in [6, 6.07) is 24.4. The van der Waals surface area contributed by atoms with E-state index in [0.717, 1.165) is 42.6 Å². The van der Waals surface area contributed by atoms with Gasteiger partial charge in [0.05, 0.1) is 12.2 Å². The van der Waals surface area contributed by atoms with E-state index < -0.39 is 5.82 Å². The molecule has 4 aromatic rings. The number of aryl methyl sites for hydroxylation is 4. The lowest BCUT2D eigenvalue weighted by atomic mass is 9.97. The third-order valence-corrected chi connectivity index (χ3v) is 6.58. The molecule has 0 bridgehead atoms. The first kappa shape index (κ1) is 25.4. The van der Waals surface area contributed by atoms with Crippen LogP contribution in [0.25, 0.3) is 10.8 Å². The van der Waals surface area contributed by atoms with Gasteiger partial charge < -0.3 is 4.74 Å². The van der Waals surface area contributed by atoms with E-state index in [1.807, 2.05) is 42.5 Å². The molecule has 0 aliphatic heterocycles. The summed E-state index contributed by atoms with van der Waals surface area (Å²) < 4.78 is 34.8. The second-order valence-electron chi connectivity index (χ2n) is 9.22. The van der Waals surface area contributed by atoms with Crippen LogP contribution in [0.1, 0.15) is 54.0 Å². The van der Waals surface area contributed by atoms with Gasteiger partial charge in [0.15, 0.2) is 0 Å². The van der Waals surface area contributed by atoms with Gasteiger partial charge in [0.25, 0.3) is 0 Å². The summed E-state index contributed by atoms with van der Waals surface area (Å²) in [5.74, 6) is 0.159. The molecule has 0 saturated carbocycles. The molecule has 0 amide bonds. The van der Waals surface area contributed by atoms with E-state index in [-0.39, 0.29) is 11.4 Å². The van der Waals surface area contributed by atoms with Crippen molar-refractivity contribution in [2.24, 2.45) is 0 Å². The lowest BCUT2D eigenvalue weighted by Crippen LogP contribution is -1.98. The minimum Gasteiger partial charge on any atom is -0.494 e. The molecule has 0 fully saturated rings. The molecule has 0 saturated heterocycles. The number of nitriles is 1. The molecule has 0 atom stereocenters. The van der Waals surface area contributed by atoms with Crippen molar-refractivity contribution in [3.63, 3.8) is 0 Å². The van der Waals surface area contributed by atoms with Gasteiger partial charge in [0.2, 0.25) is 0 Å². The van der Waals surface area contributed by atoms with Crippen LogP contribution in [0.3, 0.4) is 0 Å². The third kappa shape index (κ3) is 6.49. The van der Waals surface area contributed by atoms with Gasteiger partial charge in [-0.1, -0.05) is 68.3 Å². The number of nitrogens with zero attached hydrogens (tertiary/aromatic N) is 1.